The van der Waals surface area contributed by atoms with Gasteiger partial charge in [0.05, 0.1) is 0 Å². The average Bonchev–Trinajstić information content (AvgIpc) is 2.79. The summed E-state index contributed by atoms with van der Waals surface area (Å²) in [5, 5.41) is 0. The lowest BCUT2D eigenvalue weighted by atomic mass is 9.98. The van der Waals surface area contributed by atoms with Gasteiger partial charge in [-0.2, -0.15) is 0 Å². The Morgan fingerprint density at radius 3 is 2.00 bits per heavy atom. The monoisotopic (exact) mass is 466 g/mol. The predicted molar refractivity (Wildman–Crippen MR) is 131 cm³/mol. The van der Waals surface area contributed by atoms with E-state index < -0.39 is 12.3 Å². The Balaban J connectivity index is 0.000000218. The summed E-state index contributed by atoms with van der Waals surface area (Å²) in [6, 6.07) is 10.4. The molecule has 0 bridgehead atoms. The molecule has 0 saturated heterocycles. The van der Waals surface area contributed by atoms with Crippen molar-refractivity contribution in [2.24, 2.45) is 0 Å². The minimum atomic E-state index is -2.74. The predicted octanol–water partition coefficient (Wildman–Crippen LogP) is 7.99. The van der Waals surface area contributed by atoms with E-state index in [4.69, 9.17) is 0 Å². The summed E-state index contributed by atoms with van der Waals surface area (Å²) in [7, 11) is 1.95. The second-order valence-corrected chi connectivity index (χ2v) is 8.84. The molecule has 0 aromatic heterocycles. The van der Waals surface area contributed by atoms with Crippen molar-refractivity contribution in [3.8, 4) is 0 Å². The van der Waals surface area contributed by atoms with E-state index >= 15 is 0 Å². The van der Waals surface area contributed by atoms with Crippen molar-refractivity contribution in [2.45, 2.75) is 78.7 Å². The third kappa shape index (κ3) is 6.87. The van der Waals surface area contributed by atoms with Crippen LogP contribution in [0.15, 0.2) is 36.4 Å². The van der Waals surface area contributed by atoms with Crippen molar-refractivity contribution in [1.29, 1.82) is 0 Å². The van der Waals surface area contributed by atoms with Crippen LogP contribution in [0.25, 0.3) is 0 Å². The van der Waals surface area contributed by atoms with E-state index in [-0.39, 0.29) is 11.1 Å². The molecule has 2 aromatic carbocycles. The smallest absolute Gasteiger partial charge is 0.270 e. The van der Waals surface area contributed by atoms with Gasteiger partial charge in [0.1, 0.15) is 0 Å². The Morgan fingerprint density at radius 1 is 0.848 bits per heavy atom. The Morgan fingerprint density at radius 2 is 1.42 bits per heavy atom. The normalized spacial score (nSPS) is 15.3. The Labute approximate surface area is 196 Å². The van der Waals surface area contributed by atoms with Crippen molar-refractivity contribution in [1.82, 2.24) is 0 Å². The van der Waals surface area contributed by atoms with Gasteiger partial charge in [0.15, 0.2) is 0 Å². The van der Waals surface area contributed by atoms with E-state index in [1.807, 2.05) is 37.9 Å². The van der Waals surface area contributed by atoms with Crippen LogP contribution in [0.1, 0.15) is 76.1 Å². The van der Waals surface area contributed by atoms with E-state index in [1.165, 1.54) is 17.2 Å². The van der Waals surface area contributed by atoms with Gasteiger partial charge in [0.2, 0.25) is 0 Å². The standard InChI is InChI=1S/C13H17F2N.C12H15F2N.C2H6/c1-9(2)16-7-3-4-10-5-6-11(13(14)15)8-12(10)16;1-12(13,14)10-6-5-9-4-3-7-15(2)11(9)8-10;1-2/h5-6,8-9,13H,3-4,7H2,1-2H3;5-6,8H,3-4,7H2,1-2H3;1-2H3. The van der Waals surface area contributed by atoms with Gasteiger partial charge < -0.3 is 9.80 Å². The van der Waals surface area contributed by atoms with E-state index in [0.29, 0.717) is 6.04 Å². The maximum absolute atomic E-state index is 13.1. The van der Waals surface area contributed by atoms with Crippen LogP contribution >= 0.6 is 0 Å². The zero-order chi connectivity index (χ0) is 24.8. The molecule has 2 aromatic rings. The lowest BCUT2D eigenvalue weighted by Gasteiger charge is -2.35. The van der Waals surface area contributed by atoms with Crippen LogP contribution in [-0.2, 0) is 18.8 Å². The number of hydrogen-bond acceptors (Lipinski definition) is 2. The first-order valence-corrected chi connectivity index (χ1v) is 12.0. The zero-order valence-electron chi connectivity index (χ0n) is 20.8. The molecule has 2 nitrogen and oxygen atoms in total. The average molecular weight is 467 g/mol. The van der Waals surface area contributed by atoms with E-state index in [0.717, 1.165) is 57.1 Å². The molecular weight excluding hydrogens is 428 g/mol. The molecule has 4 rings (SSSR count). The summed E-state index contributed by atoms with van der Waals surface area (Å²) < 4.78 is 51.6. The van der Waals surface area contributed by atoms with Crippen LogP contribution in [0.5, 0.6) is 0 Å². The fourth-order valence-corrected chi connectivity index (χ4v) is 4.32. The van der Waals surface area contributed by atoms with Crippen molar-refractivity contribution in [3.63, 3.8) is 0 Å². The second-order valence-electron chi connectivity index (χ2n) is 8.84. The van der Waals surface area contributed by atoms with Gasteiger partial charge in [-0.15, -0.1) is 0 Å². The molecule has 0 fully saturated rings. The van der Waals surface area contributed by atoms with Crippen LogP contribution < -0.4 is 9.80 Å². The summed E-state index contributed by atoms with van der Waals surface area (Å²) >= 11 is 0. The number of rotatable bonds is 3. The summed E-state index contributed by atoms with van der Waals surface area (Å²) in [5.41, 5.74) is 4.57. The molecule has 0 N–H and O–H groups in total. The fraction of sp³-hybridized carbons (Fsp3) is 0.556. The number of aryl methyl sites for hydroxylation is 2. The number of fused-ring (bicyclic) bond motifs is 2. The Bertz CT molecular complexity index is 890. The van der Waals surface area contributed by atoms with Gasteiger partial charge in [-0.25, -0.2) is 17.6 Å². The number of anilines is 2. The summed E-state index contributed by atoms with van der Waals surface area (Å²) in [5.74, 6) is -2.74. The number of halogens is 4. The molecule has 0 spiro atoms. The molecule has 184 valence electrons. The van der Waals surface area contributed by atoms with Crippen LogP contribution in [-0.4, -0.2) is 26.2 Å². The molecular formula is C27H38F4N2. The van der Waals surface area contributed by atoms with Gasteiger partial charge in [-0.1, -0.05) is 38.1 Å². The van der Waals surface area contributed by atoms with Gasteiger partial charge in [0.25, 0.3) is 12.3 Å². The van der Waals surface area contributed by atoms with Crippen molar-refractivity contribution >= 4 is 11.4 Å². The van der Waals surface area contributed by atoms with Crippen molar-refractivity contribution < 1.29 is 17.6 Å². The minimum Gasteiger partial charge on any atom is -0.374 e. The summed E-state index contributed by atoms with van der Waals surface area (Å²) in [4.78, 5) is 4.26. The fourth-order valence-electron chi connectivity index (χ4n) is 4.32. The molecule has 0 unspecified atom stereocenters. The molecule has 2 aliphatic heterocycles. The molecule has 0 amide bonds. The summed E-state index contributed by atoms with van der Waals surface area (Å²) in [6.07, 6.45) is 1.84. The molecule has 0 radical (unpaired) electrons. The molecule has 2 heterocycles. The zero-order valence-corrected chi connectivity index (χ0v) is 20.8. The van der Waals surface area contributed by atoms with Crippen molar-refractivity contribution in [3.05, 3.63) is 58.7 Å². The van der Waals surface area contributed by atoms with E-state index in [9.17, 15) is 17.6 Å². The number of alkyl halides is 4. The maximum atomic E-state index is 13.1. The Kier molecular flexibility index (Phi) is 9.62. The topological polar surface area (TPSA) is 6.48 Å². The highest BCUT2D eigenvalue weighted by Gasteiger charge is 2.26. The highest BCUT2D eigenvalue weighted by atomic mass is 19.3. The molecule has 0 saturated carbocycles. The first-order chi connectivity index (χ1) is 15.6. The van der Waals surface area contributed by atoms with Crippen LogP contribution in [0.3, 0.4) is 0 Å². The minimum absolute atomic E-state index is 0.106. The molecule has 0 aliphatic carbocycles. The third-order valence-corrected chi connectivity index (χ3v) is 6.08. The van der Waals surface area contributed by atoms with Crippen LogP contribution in [0, 0.1) is 0 Å². The molecule has 2 aliphatic rings. The van der Waals surface area contributed by atoms with Crippen LogP contribution in [0.2, 0.25) is 0 Å². The van der Waals surface area contributed by atoms with E-state index in [1.54, 1.807) is 18.2 Å². The quantitative estimate of drug-likeness (QED) is 0.423. The maximum Gasteiger partial charge on any atom is 0.270 e. The molecule has 6 heteroatoms. The number of nitrogens with zero attached hydrogens (tertiary/aromatic N) is 2. The van der Waals surface area contributed by atoms with E-state index in [2.05, 4.69) is 18.7 Å². The highest BCUT2D eigenvalue weighted by molar-refractivity contribution is 5.58. The van der Waals surface area contributed by atoms with Gasteiger partial charge in [-0.3, -0.25) is 0 Å². The van der Waals surface area contributed by atoms with Gasteiger partial charge >= 0.3 is 0 Å². The van der Waals surface area contributed by atoms with Crippen molar-refractivity contribution in [2.75, 3.05) is 29.9 Å². The number of benzene rings is 2. The lowest BCUT2D eigenvalue weighted by Crippen LogP contribution is -2.35. The third-order valence-electron chi connectivity index (χ3n) is 6.08. The molecule has 33 heavy (non-hydrogen) atoms. The van der Waals surface area contributed by atoms with Gasteiger partial charge in [-0.05, 0) is 62.8 Å². The largest absolute Gasteiger partial charge is 0.374 e. The first-order valence-electron chi connectivity index (χ1n) is 12.0. The molecule has 0 atom stereocenters. The number of hydrogen-bond donors (Lipinski definition) is 0. The lowest BCUT2D eigenvalue weighted by molar-refractivity contribution is 0.0175. The SMILES string of the molecule is CC.CC(C)N1CCCc2ccc(C(F)F)cc21.CN1CCCc2ccc(C(C)(F)F)cc21. The highest BCUT2D eigenvalue weighted by Crippen LogP contribution is 2.34. The second kappa shape index (κ2) is 11.8. The van der Waals surface area contributed by atoms with Crippen LogP contribution in [0.4, 0.5) is 28.9 Å². The first kappa shape index (κ1) is 27.0. The van der Waals surface area contributed by atoms with Gasteiger partial charge in [0, 0.05) is 55.6 Å². The Hall–Kier alpha value is -2.24. The summed E-state index contributed by atoms with van der Waals surface area (Å²) in [6.45, 7) is 11.1.